The van der Waals surface area contributed by atoms with Gasteiger partial charge in [0.15, 0.2) is 0 Å². The van der Waals surface area contributed by atoms with Gasteiger partial charge in [-0.2, -0.15) is 0 Å². The predicted octanol–water partition coefficient (Wildman–Crippen LogP) is 1.68. The van der Waals surface area contributed by atoms with Crippen LogP contribution in [0.1, 0.15) is 46.0 Å². The van der Waals surface area contributed by atoms with Gasteiger partial charge in [-0.15, -0.1) is 0 Å². The minimum absolute atomic E-state index is 0.0493. The summed E-state index contributed by atoms with van der Waals surface area (Å²) in [5, 5.41) is 6.50. The van der Waals surface area contributed by atoms with E-state index in [1.807, 2.05) is 0 Å². The van der Waals surface area contributed by atoms with Crippen molar-refractivity contribution in [1.29, 1.82) is 0 Å². The number of rotatable bonds is 5. The maximum atomic E-state index is 12.1. The SMILES string of the molecule is CCC(CC1CC1)NC(=O)C1NCCC1C. The van der Waals surface area contributed by atoms with Crippen LogP contribution in [0.25, 0.3) is 0 Å². The van der Waals surface area contributed by atoms with E-state index in [-0.39, 0.29) is 11.9 Å². The highest BCUT2D eigenvalue weighted by Crippen LogP contribution is 2.34. The van der Waals surface area contributed by atoms with Crippen molar-refractivity contribution < 1.29 is 4.79 Å². The van der Waals surface area contributed by atoms with E-state index >= 15 is 0 Å². The quantitative estimate of drug-likeness (QED) is 0.746. The molecule has 3 heteroatoms. The first-order chi connectivity index (χ1) is 7.70. The van der Waals surface area contributed by atoms with Crippen molar-refractivity contribution in [3.63, 3.8) is 0 Å². The Balaban J connectivity index is 1.79. The summed E-state index contributed by atoms with van der Waals surface area (Å²) in [6.45, 7) is 5.31. The second-order valence-electron chi connectivity index (χ2n) is 5.49. The zero-order valence-corrected chi connectivity index (χ0v) is 10.5. The van der Waals surface area contributed by atoms with Crippen molar-refractivity contribution in [1.82, 2.24) is 10.6 Å². The molecule has 0 radical (unpaired) electrons. The largest absolute Gasteiger partial charge is 0.352 e. The lowest BCUT2D eigenvalue weighted by atomic mass is 10.0. The fraction of sp³-hybridized carbons (Fsp3) is 0.923. The molecule has 1 aliphatic carbocycles. The number of carbonyl (C=O) groups is 1. The maximum Gasteiger partial charge on any atom is 0.237 e. The third-order valence-corrected chi connectivity index (χ3v) is 3.97. The lowest BCUT2D eigenvalue weighted by Gasteiger charge is -2.21. The highest BCUT2D eigenvalue weighted by Gasteiger charge is 2.31. The molecular weight excluding hydrogens is 200 g/mol. The van der Waals surface area contributed by atoms with Crippen molar-refractivity contribution >= 4 is 5.91 Å². The number of amides is 1. The standard InChI is InChI=1S/C13H24N2O/c1-3-11(8-10-4-5-10)15-13(16)12-9(2)6-7-14-12/h9-12,14H,3-8H2,1-2H3,(H,15,16). The number of carbonyl (C=O) groups excluding carboxylic acids is 1. The van der Waals surface area contributed by atoms with Gasteiger partial charge in [-0.05, 0) is 37.6 Å². The molecule has 1 aliphatic heterocycles. The molecule has 0 aromatic rings. The summed E-state index contributed by atoms with van der Waals surface area (Å²) < 4.78 is 0. The van der Waals surface area contributed by atoms with Gasteiger partial charge >= 0.3 is 0 Å². The molecule has 2 aliphatic rings. The van der Waals surface area contributed by atoms with Gasteiger partial charge in [0, 0.05) is 6.04 Å². The summed E-state index contributed by atoms with van der Waals surface area (Å²) in [6.07, 6.45) is 6.10. The number of hydrogen-bond donors (Lipinski definition) is 2. The van der Waals surface area contributed by atoms with Crippen molar-refractivity contribution in [2.24, 2.45) is 11.8 Å². The molecule has 3 unspecified atom stereocenters. The molecule has 1 heterocycles. The van der Waals surface area contributed by atoms with Crippen LogP contribution in [0, 0.1) is 11.8 Å². The van der Waals surface area contributed by atoms with E-state index in [9.17, 15) is 4.79 Å². The summed E-state index contributed by atoms with van der Waals surface area (Å²) in [5.41, 5.74) is 0. The first kappa shape index (κ1) is 11.9. The van der Waals surface area contributed by atoms with Crippen molar-refractivity contribution in [3.8, 4) is 0 Å². The van der Waals surface area contributed by atoms with E-state index in [0.717, 1.165) is 25.3 Å². The summed E-state index contributed by atoms with van der Waals surface area (Å²) >= 11 is 0. The van der Waals surface area contributed by atoms with Crippen LogP contribution in [0.15, 0.2) is 0 Å². The smallest absolute Gasteiger partial charge is 0.237 e. The molecule has 16 heavy (non-hydrogen) atoms. The average Bonchev–Trinajstić information content (AvgIpc) is 2.97. The Bertz CT molecular complexity index is 250. The highest BCUT2D eigenvalue weighted by atomic mass is 16.2. The topological polar surface area (TPSA) is 41.1 Å². The Kier molecular flexibility index (Phi) is 3.85. The molecular formula is C13H24N2O. The number of nitrogens with one attached hydrogen (secondary N) is 2. The van der Waals surface area contributed by atoms with E-state index < -0.39 is 0 Å². The van der Waals surface area contributed by atoms with E-state index in [1.165, 1.54) is 19.3 Å². The lowest BCUT2D eigenvalue weighted by molar-refractivity contribution is -0.124. The fourth-order valence-electron chi connectivity index (χ4n) is 2.56. The Hall–Kier alpha value is -0.570. The molecule has 0 aromatic carbocycles. The monoisotopic (exact) mass is 224 g/mol. The van der Waals surface area contributed by atoms with Crippen LogP contribution < -0.4 is 10.6 Å². The Morgan fingerprint density at radius 2 is 2.19 bits per heavy atom. The summed E-state index contributed by atoms with van der Waals surface area (Å²) in [7, 11) is 0. The van der Waals surface area contributed by atoms with Crippen LogP contribution in [0.2, 0.25) is 0 Å². The van der Waals surface area contributed by atoms with Crippen LogP contribution >= 0.6 is 0 Å². The average molecular weight is 224 g/mol. The summed E-state index contributed by atoms with van der Waals surface area (Å²) in [5.74, 6) is 1.59. The molecule has 1 saturated carbocycles. The van der Waals surface area contributed by atoms with Crippen LogP contribution in [0.5, 0.6) is 0 Å². The Labute approximate surface area is 98.4 Å². The molecule has 92 valence electrons. The fourth-order valence-corrected chi connectivity index (χ4v) is 2.56. The molecule has 2 fully saturated rings. The predicted molar refractivity (Wildman–Crippen MR) is 65.1 cm³/mol. The summed E-state index contributed by atoms with van der Waals surface area (Å²) in [4.78, 5) is 12.1. The number of hydrogen-bond acceptors (Lipinski definition) is 2. The molecule has 1 amide bonds. The van der Waals surface area contributed by atoms with E-state index in [0.29, 0.717) is 12.0 Å². The van der Waals surface area contributed by atoms with Crippen molar-refractivity contribution in [2.45, 2.75) is 58.0 Å². The van der Waals surface area contributed by atoms with E-state index in [4.69, 9.17) is 0 Å². The molecule has 3 nitrogen and oxygen atoms in total. The first-order valence-corrected chi connectivity index (χ1v) is 6.74. The van der Waals surface area contributed by atoms with Gasteiger partial charge in [-0.25, -0.2) is 0 Å². The molecule has 0 aromatic heterocycles. The zero-order valence-electron chi connectivity index (χ0n) is 10.5. The van der Waals surface area contributed by atoms with Crippen LogP contribution in [-0.2, 0) is 4.79 Å². The van der Waals surface area contributed by atoms with E-state index in [2.05, 4.69) is 24.5 Å². The van der Waals surface area contributed by atoms with Crippen molar-refractivity contribution in [3.05, 3.63) is 0 Å². The highest BCUT2D eigenvalue weighted by molar-refractivity contribution is 5.82. The lowest BCUT2D eigenvalue weighted by Crippen LogP contribution is -2.47. The third-order valence-electron chi connectivity index (χ3n) is 3.97. The van der Waals surface area contributed by atoms with Gasteiger partial charge < -0.3 is 10.6 Å². The molecule has 2 rings (SSSR count). The van der Waals surface area contributed by atoms with Gasteiger partial charge in [0.1, 0.15) is 0 Å². The Morgan fingerprint density at radius 3 is 2.69 bits per heavy atom. The van der Waals surface area contributed by atoms with Gasteiger partial charge in [0.05, 0.1) is 6.04 Å². The molecule has 2 N–H and O–H groups in total. The summed E-state index contributed by atoms with van der Waals surface area (Å²) in [6, 6.07) is 0.447. The first-order valence-electron chi connectivity index (χ1n) is 6.74. The molecule has 1 saturated heterocycles. The van der Waals surface area contributed by atoms with Crippen LogP contribution in [-0.4, -0.2) is 24.5 Å². The van der Waals surface area contributed by atoms with Crippen LogP contribution in [0.4, 0.5) is 0 Å². The molecule has 0 bridgehead atoms. The van der Waals surface area contributed by atoms with Gasteiger partial charge in [-0.3, -0.25) is 4.79 Å². The maximum absolute atomic E-state index is 12.1. The van der Waals surface area contributed by atoms with Gasteiger partial charge in [0.25, 0.3) is 0 Å². The molecule has 0 spiro atoms. The van der Waals surface area contributed by atoms with Crippen molar-refractivity contribution in [2.75, 3.05) is 6.54 Å². The Morgan fingerprint density at radius 1 is 1.44 bits per heavy atom. The van der Waals surface area contributed by atoms with E-state index in [1.54, 1.807) is 0 Å². The molecule has 3 atom stereocenters. The minimum atomic E-state index is 0.0493. The zero-order chi connectivity index (χ0) is 11.5. The van der Waals surface area contributed by atoms with Gasteiger partial charge in [0.2, 0.25) is 5.91 Å². The third kappa shape index (κ3) is 2.97. The van der Waals surface area contributed by atoms with Gasteiger partial charge in [-0.1, -0.05) is 26.7 Å². The second-order valence-corrected chi connectivity index (χ2v) is 5.49. The van der Waals surface area contributed by atoms with Crippen LogP contribution in [0.3, 0.4) is 0 Å². The second kappa shape index (κ2) is 5.17. The normalized spacial score (nSPS) is 31.4. The minimum Gasteiger partial charge on any atom is -0.352 e.